The molecular weight excluding hydrogens is 402 g/mol. The van der Waals surface area contributed by atoms with Crippen molar-refractivity contribution in [2.24, 2.45) is 0 Å². The summed E-state index contributed by atoms with van der Waals surface area (Å²) in [6.07, 6.45) is 0. The zero-order chi connectivity index (χ0) is 19.6. The molecule has 3 aromatic rings. The van der Waals surface area contributed by atoms with Crippen molar-refractivity contribution in [1.82, 2.24) is 9.88 Å². The smallest absolute Gasteiger partial charge is 0.265 e. The molecule has 0 atom stereocenters. The first-order chi connectivity index (χ1) is 12.9. The molecule has 1 aromatic heterocycles. The van der Waals surface area contributed by atoms with Gasteiger partial charge in [0.15, 0.2) is 3.95 Å². The van der Waals surface area contributed by atoms with Crippen molar-refractivity contribution in [2.45, 2.75) is 13.5 Å². The highest BCUT2D eigenvalue weighted by Gasteiger charge is 2.20. The zero-order valence-corrected chi connectivity index (χ0v) is 17.2. The van der Waals surface area contributed by atoms with Gasteiger partial charge in [0.1, 0.15) is 16.4 Å². The van der Waals surface area contributed by atoms with E-state index in [1.807, 2.05) is 31.2 Å². The number of thiazole rings is 1. The van der Waals surface area contributed by atoms with Crippen molar-refractivity contribution in [2.75, 3.05) is 12.8 Å². The second kappa shape index (κ2) is 8.12. The fourth-order valence-corrected chi connectivity index (χ4v) is 4.02. The van der Waals surface area contributed by atoms with Gasteiger partial charge < -0.3 is 15.8 Å². The Labute approximate surface area is 171 Å². The van der Waals surface area contributed by atoms with Crippen molar-refractivity contribution >= 4 is 46.9 Å². The van der Waals surface area contributed by atoms with Gasteiger partial charge >= 0.3 is 0 Å². The number of ether oxygens (including phenoxy) is 1. The maximum absolute atomic E-state index is 12.6. The molecule has 0 saturated carbocycles. The molecule has 8 heteroatoms. The molecule has 0 aliphatic heterocycles. The highest BCUT2D eigenvalue weighted by atomic mass is 35.5. The van der Waals surface area contributed by atoms with Crippen LogP contribution in [0.15, 0.2) is 42.5 Å². The van der Waals surface area contributed by atoms with Crippen molar-refractivity contribution in [1.29, 1.82) is 0 Å². The second-order valence-electron chi connectivity index (χ2n) is 5.90. The predicted molar refractivity (Wildman–Crippen MR) is 113 cm³/mol. The van der Waals surface area contributed by atoms with Crippen LogP contribution >= 0.6 is 35.2 Å². The van der Waals surface area contributed by atoms with Crippen LogP contribution in [-0.4, -0.2) is 17.6 Å². The normalized spacial score (nSPS) is 10.6. The van der Waals surface area contributed by atoms with E-state index in [2.05, 4.69) is 5.32 Å². The summed E-state index contributed by atoms with van der Waals surface area (Å²) in [5.41, 5.74) is 9.02. The average molecular weight is 420 g/mol. The summed E-state index contributed by atoms with van der Waals surface area (Å²) in [6.45, 7) is 2.42. The molecule has 0 fully saturated rings. The topological polar surface area (TPSA) is 69.3 Å². The van der Waals surface area contributed by atoms with E-state index in [0.29, 0.717) is 31.8 Å². The molecule has 5 nitrogen and oxygen atoms in total. The number of nitrogen functional groups attached to an aromatic ring is 1. The Morgan fingerprint density at radius 1 is 1.30 bits per heavy atom. The van der Waals surface area contributed by atoms with Crippen molar-refractivity contribution in [3.8, 4) is 11.4 Å². The van der Waals surface area contributed by atoms with Gasteiger partial charge in [-0.05, 0) is 42.9 Å². The number of nitrogens with zero attached hydrogens (tertiary/aromatic N) is 1. The van der Waals surface area contributed by atoms with Crippen LogP contribution in [0.1, 0.15) is 20.8 Å². The fraction of sp³-hybridized carbons (Fsp3) is 0.158. The first-order valence-corrected chi connectivity index (χ1v) is 9.70. The number of halogens is 1. The Kier molecular flexibility index (Phi) is 5.84. The summed E-state index contributed by atoms with van der Waals surface area (Å²) in [5, 5.41) is 3.40. The molecule has 0 saturated heterocycles. The van der Waals surface area contributed by atoms with E-state index in [9.17, 15) is 4.79 Å². The van der Waals surface area contributed by atoms with E-state index in [1.54, 1.807) is 29.9 Å². The van der Waals surface area contributed by atoms with Crippen LogP contribution < -0.4 is 15.8 Å². The molecule has 0 radical (unpaired) electrons. The average Bonchev–Trinajstić information content (AvgIpc) is 2.95. The number of carbonyl (C=O) groups excluding carboxylic acids is 1. The largest absolute Gasteiger partial charge is 0.495 e. The van der Waals surface area contributed by atoms with Crippen LogP contribution in [0.3, 0.4) is 0 Å². The number of anilines is 1. The van der Waals surface area contributed by atoms with Crippen LogP contribution in [0, 0.1) is 10.9 Å². The number of nitrogens with one attached hydrogen (secondary N) is 1. The monoisotopic (exact) mass is 419 g/mol. The van der Waals surface area contributed by atoms with Gasteiger partial charge in [0.05, 0.1) is 12.8 Å². The summed E-state index contributed by atoms with van der Waals surface area (Å²) in [5.74, 6) is 0.544. The number of hydrogen-bond donors (Lipinski definition) is 2. The van der Waals surface area contributed by atoms with E-state index in [1.165, 1.54) is 5.56 Å². The highest BCUT2D eigenvalue weighted by Crippen LogP contribution is 2.33. The first-order valence-electron chi connectivity index (χ1n) is 8.09. The highest BCUT2D eigenvalue weighted by molar-refractivity contribution is 7.73. The molecule has 0 bridgehead atoms. The summed E-state index contributed by atoms with van der Waals surface area (Å²) < 4.78 is 7.41. The lowest BCUT2D eigenvalue weighted by Gasteiger charge is -2.12. The van der Waals surface area contributed by atoms with Crippen LogP contribution in [0.4, 0.5) is 5.82 Å². The minimum atomic E-state index is -0.274. The number of hydrogen-bond acceptors (Lipinski definition) is 5. The molecule has 0 unspecified atom stereocenters. The number of aryl methyl sites for hydroxylation is 1. The Morgan fingerprint density at radius 3 is 2.67 bits per heavy atom. The van der Waals surface area contributed by atoms with E-state index >= 15 is 0 Å². The molecular formula is C19H18ClN3O2S2. The Morgan fingerprint density at radius 2 is 2.00 bits per heavy atom. The van der Waals surface area contributed by atoms with Gasteiger partial charge in [-0.2, -0.15) is 0 Å². The van der Waals surface area contributed by atoms with Gasteiger partial charge in [0.2, 0.25) is 0 Å². The van der Waals surface area contributed by atoms with Gasteiger partial charge in [0.25, 0.3) is 5.91 Å². The maximum Gasteiger partial charge on any atom is 0.265 e. The predicted octanol–water partition coefficient (Wildman–Crippen LogP) is 4.75. The van der Waals surface area contributed by atoms with Gasteiger partial charge in [-0.15, -0.1) is 0 Å². The Balaban J connectivity index is 1.89. The van der Waals surface area contributed by atoms with Gasteiger partial charge in [-0.25, -0.2) is 0 Å². The number of rotatable bonds is 5. The molecule has 0 spiro atoms. The van der Waals surface area contributed by atoms with E-state index in [-0.39, 0.29) is 11.7 Å². The third kappa shape index (κ3) is 4.16. The van der Waals surface area contributed by atoms with Gasteiger partial charge in [0, 0.05) is 11.6 Å². The molecule has 2 aromatic carbocycles. The number of carbonyl (C=O) groups is 1. The lowest BCUT2D eigenvalue weighted by molar-refractivity contribution is 0.0955. The lowest BCUT2D eigenvalue weighted by atomic mass is 10.1. The van der Waals surface area contributed by atoms with Gasteiger partial charge in [-0.1, -0.05) is 52.8 Å². The number of amides is 1. The molecule has 140 valence electrons. The Hall–Kier alpha value is -2.35. The minimum Gasteiger partial charge on any atom is -0.495 e. The summed E-state index contributed by atoms with van der Waals surface area (Å²) in [7, 11) is 1.55. The second-order valence-corrected chi connectivity index (χ2v) is 7.98. The molecule has 0 aliphatic rings. The number of nitrogens with two attached hydrogens (primary N) is 1. The van der Waals surface area contributed by atoms with Gasteiger partial charge in [-0.3, -0.25) is 9.36 Å². The van der Waals surface area contributed by atoms with Crippen LogP contribution in [0.2, 0.25) is 5.02 Å². The number of benzene rings is 2. The van der Waals surface area contributed by atoms with E-state index in [0.717, 1.165) is 16.9 Å². The van der Waals surface area contributed by atoms with E-state index < -0.39 is 0 Å². The van der Waals surface area contributed by atoms with Crippen LogP contribution in [0.25, 0.3) is 5.69 Å². The summed E-state index contributed by atoms with van der Waals surface area (Å²) in [6, 6.07) is 13.1. The minimum absolute atomic E-state index is 0.256. The SMILES string of the molecule is COc1ccc(Cl)cc1-n1c(N)c(C(=O)NCc2ccc(C)cc2)sc1=S. The van der Waals surface area contributed by atoms with Crippen molar-refractivity contribution < 1.29 is 9.53 Å². The Bertz CT molecular complexity index is 1040. The maximum atomic E-state index is 12.6. The standard InChI is InChI=1S/C19H18ClN3O2S2/c1-11-3-5-12(6-4-11)10-22-18(24)16-17(21)23(19(26)27-16)14-9-13(20)7-8-15(14)25-2/h3-9H,10,21H2,1-2H3,(H,22,24). The van der Waals surface area contributed by atoms with Crippen molar-refractivity contribution in [3.63, 3.8) is 0 Å². The third-order valence-electron chi connectivity index (χ3n) is 4.01. The van der Waals surface area contributed by atoms with E-state index in [4.69, 9.17) is 34.3 Å². The quantitative estimate of drug-likeness (QED) is 0.585. The molecule has 0 aliphatic carbocycles. The lowest BCUT2D eigenvalue weighted by Crippen LogP contribution is -2.23. The summed E-state index contributed by atoms with van der Waals surface area (Å²) >= 11 is 12.7. The van der Waals surface area contributed by atoms with Crippen LogP contribution in [-0.2, 0) is 6.54 Å². The molecule has 3 N–H and O–H groups in total. The third-order valence-corrected chi connectivity index (χ3v) is 5.63. The fourth-order valence-electron chi connectivity index (χ4n) is 2.58. The molecule has 27 heavy (non-hydrogen) atoms. The molecule has 3 rings (SSSR count). The zero-order valence-electron chi connectivity index (χ0n) is 14.8. The van der Waals surface area contributed by atoms with Crippen LogP contribution in [0.5, 0.6) is 5.75 Å². The molecule has 1 heterocycles. The molecule has 1 amide bonds. The summed E-state index contributed by atoms with van der Waals surface area (Å²) in [4.78, 5) is 13.0. The number of methoxy groups -OCH3 is 1. The first kappa shape index (κ1) is 19.4. The van der Waals surface area contributed by atoms with Crippen molar-refractivity contribution in [3.05, 3.63) is 67.4 Å². The number of aromatic nitrogens is 1.